The summed E-state index contributed by atoms with van der Waals surface area (Å²) in [6, 6.07) is 8.35. The quantitative estimate of drug-likeness (QED) is 0.590. The summed E-state index contributed by atoms with van der Waals surface area (Å²) in [6.45, 7) is 8.02. The number of hydrogen-bond donors (Lipinski definition) is 0. The number of carbonyl (C=O) groups excluding carboxylic acids is 1. The zero-order chi connectivity index (χ0) is 13.1. The van der Waals surface area contributed by atoms with Crippen LogP contribution in [0.5, 0.6) is 0 Å². The molecule has 0 spiro atoms. The van der Waals surface area contributed by atoms with Crippen LogP contribution in [0.1, 0.15) is 31.9 Å². The summed E-state index contributed by atoms with van der Waals surface area (Å²) >= 11 is 0. The molecular formula is C15H20O2. The number of hydrogen-bond acceptors (Lipinski definition) is 2. The van der Waals surface area contributed by atoms with E-state index >= 15 is 0 Å². The summed E-state index contributed by atoms with van der Waals surface area (Å²) in [5, 5.41) is 0. The van der Waals surface area contributed by atoms with Crippen LogP contribution in [0.3, 0.4) is 0 Å². The van der Waals surface area contributed by atoms with E-state index in [4.69, 9.17) is 4.74 Å². The van der Waals surface area contributed by atoms with Crippen LogP contribution >= 0.6 is 0 Å². The highest BCUT2D eigenvalue weighted by atomic mass is 16.5. The molecule has 2 nitrogen and oxygen atoms in total. The van der Waals surface area contributed by atoms with Gasteiger partial charge in [0.1, 0.15) is 0 Å². The third kappa shape index (κ3) is 3.45. The molecule has 0 N–H and O–H groups in total. The zero-order valence-corrected chi connectivity index (χ0v) is 11.2. The summed E-state index contributed by atoms with van der Waals surface area (Å²) in [5.41, 5.74) is 2.88. The van der Waals surface area contributed by atoms with Gasteiger partial charge in [0.2, 0.25) is 0 Å². The SMILES string of the molecule is COC(=O)/C(C)=C/C(C)(C)c1ccc(C)cc1. The molecule has 0 aliphatic rings. The Morgan fingerprint density at radius 2 is 1.76 bits per heavy atom. The van der Waals surface area contributed by atoms with Gasteiger partial charge < -0.3 is 4.74 Å². The normalized spacial score (nSPS) is 12.4. The van der Waals surface area contributed by atoms with Crippen molar-refractivity contribution in [1.29, 1.82) is 0 Å². The first-order chi connectivity index (χ1) is 7.86. The second kappa shape index (κ2) is 5.17. The second-order valence-electron chi connectivity index (χ2n) is 4.91. The minimum Gasteiger partial charge on any atom is -0.466 e. The number of methoxy groups -OCH3 is 1. The van der Waals surface area contributed by atoms with E-state index in [0.29, 0.717) is 5.57 Å². The average Bonchev–Trinajstić information content (AvgIpc) is 2.27. The zero-order valence-electron chi connectivity index (χ0n) is 11.2. The number of rotatable bonds is 3. The Balaban J connectivity index is 3.03. The number of benzene rings is 1. The Labute approximate surface area is 103 Å². The van der Waals surface area contributed by atoms with Gasteiger partial charge in [-0.3, -0.25) is 0 Å². The summed E-state index contributed by atoms with van der Waals surface area (Å²) in [6.07, 6.45) is 1.95. The Hall–Kier alpha value is -1.57. The van der Waals surface area contributed by atoms with E-state index < -0.39 is 0 Å². The number of carbonyl (C=O) groups is 1. The number of allylic oxidation sites excluding steroid dienone is 1. The summed E-state index contributed by atoms with van der Waals surface area (Å²) in [4.78, 5) is 11.4. The van der Waals surface area contributed by atoms with Crippen LogP contribution in [0, 0.1) is 6.92 Å². The van der Waals surface area contributed by atoms with Gasteiger partial charge in [0, 0.05) is 11.0 Å². The van der Waals surface area contributed by atoms with Crippen molar-refractivity contribution in [2.45, 2.75) is 33.1 Å². The molecule has 0 saturated carbocycles. The van der Waals surface area contributed by atoms with Crippen molar-refractivity contribution < 1.29 is 9.53 Å². The van der Waals surface area contributed by atoms with E-state index in [1.54, 1.807) is 6.92 Å². The molecule has 0 atom stereocenters. The lowest BCUT2D eigenvalue weighted by Crippen LogP contribution is -2.16. The van der Waals surface area contributed by atoms with Gasteiger partial charge in [0.25, 0.3) is 0 Å². The third-order valence-electron chi connectivity index (χ3n) is 2.88. The maximum atomic E-state index is 11.4. The van der Waals surface area contributed by atoms with Gasteiger partial charge in [0.05, 0.1) is 7.11 Å². The Morgan fingerprint density at radius 3 is 2.24 bits per heavy atom. The summed E-state index contributed by atoms with van der Waals surface area (Å²) < 4.78 is 4.71. The highest BCUT2D eigenvalue weighted by molar-refractivity contribution is 5.87. The Morgan fingerprint density at radius 1 is 1.24 bits per heavy atom. The fraction of sp³-hybridized carbons (Fsp3) is 0.400. The fourth-order valence-corrected chi connectivity index (χ4v) is 1.83. The molecule has 0 unspecified atom stereocenters. The van der Waals surface area contributed by atoms with Gasteiger partial charge in [-0.15, -0.1) is 0 Å². The predicted octanol–water partition coefficient (Wildman–Crippen LogP) is 3.39. The van der Waals surface area contributed by atoms with Crippen LogP contribution in [0.25, 0.3) is 0 Å². The van der Waals surface area contributed by atoms with E-state index in [2.05, 4.69) is 45.0 Å². The molecule has 0 aromatic heterocycles. The van der Waals surface area contributed by atoms with E-state index in [-0.39, 0.29) is 11.4 Å². The van der Waals surface area contributed by atoms with Gasteiger partial charge in [-0.1, -0.05) is 49.8 Å². The molecule has 2 heteroatoms. The fourth-order valence-electron chi connectivity index (χ4n) is 1.83. The van der Waals surface area contributed by atoms with Crippen molar-refractivity contribution in [3.8, 4) is 0 Å². The lowest BCUT2D eigenvalue weighted by molar-refractivity contribution is -0.136. The largest absolute Gasteiger partial charge is 0.466 e. The van der Waals surface area contributed by atoms with Crippen LogP contribution in [0.2, 0.25) is 0 Å². The van der Waals surface area contributed by atoms with Crippen LogP contribution in [-0.4, -0.2) is 13.1 Å². The topological polar surface area (TPSA) is 26.3 Å². The summed E-state index contributed by atoms with van der Waals surface area (Å²) in [7, 11) is 1.40. The molecule has 0 heterocycles. The molecule has 1 aromatic rings. The highest BCUT2D eigenvalue weighted by Gasteiger charge is 2.19. The second-order valence-corrected chi connectivity index (χ2v) is 4.91. The van der Waals surface area contributed by atoms with E-state index in [1.165, 1.54) is 18.2 Å². The molecule has 0 radical (unpaired) electrons. The maximum absolute atomic E-state index is 11.4. The Bertz CT molecular complexity index is 425. The van der Waals surface area contributed by atoms with E-state index in [1.807, 2.05) is 6.08 Å². The van der Waals surface area contributed by atoms with Gasteiger partial charge in [-0.05, 0) is 19.4 Å². The van der Waals surface area contributed by atoms with E-state index in [9.17, 15) is 4.79 Å². The number of ether oxygens (including phenoxy) is 1. The van der Waals surface area contributed by atoms with Crippen LogP contribution < -0.4 is 0 Å². The molecule has 0 amide bonds. The van der Waals surface area contributed by atoms with Crippen molar-refractivity contribution in [3.63, 3.8) is 0 Å². The monoisotopic (exact) mass is 232 g/mol. The van der Waals surface area contributed by atoms with Gasteiger partial charge in [-0.2, -0.15) is 0 Å². The van der Waals surface area contributed by atoms with Crippen LogP contribution in [-0.2, 0) is 14.9 Å². The van der Waals surface area contributed by atoms with Crippen molar-refractivity contribution in [2.75, 3.05) is 7.11 Å². The van der Waals surface area contributed by atoms with Crippen LogP contribution in [0.15, 0.2) is 35.9 Å². The lowest BCUT2D eigenvalue weighted by atomic mass is 9.83. The molecule has 1 rings (SSSR count). The van der Waals surface area contributed by atoms with Crippen LogP contribution in [0.4, 0.5) is 0 Å². The molecule has 0 fully saturated rings. The molecule has 0 aliphatic carbocycles. The van der Waals surface area contributed by atoms with Crippen molar-refractivity contribution >= 4 is 5.97 Å². The first-order valence-corrected chi connectivity index (χ1v) is 5.72. The molecule has 0 aliphatic heterocycles. The van der Waals surface area contributed by atoms with Crippen molar-refractivity contribution in [3.05, 3.63) is 47.0 Å². The third-order valence-corrected chi connectivity index (χ3v) is 2.88. The van der Waals surface area contributed by atoms with E-state index in [0.717, 1.165) is 0 Å². The van der Waals surface area contributed by atoms with Crippen molar-refractivity contribution in [2.24, 2.45) is 0 Å². The first kappa shape index (κ1) is 13.5. The Kier molecular flexibility index (Phi) is 4.11. The predicted molar refractivity (Wildman–Crippen MR) is 70.0 cm³/mol. The van der Waals surface area contributed by atoms with Gasteiger partial charge in [0.15, 0.2) is 0 Å². The molecule has 0 saturated heterocycles. The molecule has 92 valence electrons. The highest BCUT2D eigenvalue weighted by Crippen LogP contribution is 2.26. The summed E-state index contributed by atoms with van der Waals surface area (Å²) in [5.74, 6) is -0.273. The maximum Gasteiger partial charge on any atom is 0.333 e. The van der Waals surface area contributed by atoms with Gasteiger partial charge in [-0.25, -0.2) is 4.79 Å². The number of esters is 1. The number of aryl methyl sites for hydroxylation is 1. The van der Waals surface area contributed by atoms with Crippen molar-refractivity contribution in [1.82, 2.24) is 0 Å². The minimum atomic E-state index is -0.273. The average molecular weight is 232 g/mol. The minimum absolute atomic E-state index is 0.175. The lowest BCUT2D eigenvalue weighted by Gasteiger charge is -2.22. The first-order valence-electron chi connectivity index (χ1n) is 5.72. The molecular weight excluding hydrogens is 212 g/mol. The molecule has 0 bridgehead atoms. The molecule has 1 aromatic carbocycles. The standard InChI is InChI=1S/C15H20O2/c1-11-6-8-13(9-7-11)15(3,4)10-12(2)14(16)17-5/h6-10H,1-5H3/b12-10+. The smallest absolute Gasteiger partial charge is 0.333 e. The van der Waals surface area contributed by atoms with Gasteiger partial charge >= 0.3 is 5.97 Å². The molecule has 17 heavy (non-hydrogen) atoms.